The lowest BCUT2D eigenvalue weighted by Crippen LogP contribution is -2.46. The fraction of sp³-hybridized carbons (Fsp3) is 0.526. The maximum Gasteiger partial charge on any atom is 0.276 e. The van der Waals surface area contributed by atoms with Crippen molar-refractivity contribution in [3.05, 3.63) is 30.2 Å². The second-order valence-corrected chi connectivity index (χ2v) is 7.21. The van der Waals surface area contributed by atoms with E-state index in [4.69, 9.17) is 8.94 Å². The summed E-state index contributed by atoms with van der Waals surface area (Å²) in [4.78, 5) is 26.7. The molecule has 27 heavy (non-hydrogen) atoms. The predicted octanol–water partition coefficient (Wildman–Crippen LogP) is 1.65. The Labute approximate surface area is 157 Å². The maximum atomic E-state index is 12.8. The fourth-order valence-electron chi connectivity index (χ4n) is 3.77. The zero-order chi connectivity index (χ0) is 18.6. The van der Waals surface area contributed by atoms with Gasteiger partial charge in [0, 0.05) is 25.7 Å². The van der Waals surface area contributed by atoms with E-state index < -0.39 is 0 Å². The standard InChI is InChI=1S/C19H24N4O4/c24-18(14-5-1-7-20-14)21-11-13-4-2-8-23(12-13)19(25)15-10-17(27-22-15)16-6-3-9-26-16/h3,6,9-10,13-14,20H,1-2,4-5,7-8,11-12H2,(H,21,24). The average molecular weight is 372 g/mol. The van der Waals surface area contributed by atoms with Gasteiger partial charge in [-0.25, -0.2) is 0 Å². The molecule has 8 heteroatoms. The molecule has 2 N–H and O–H groups in total. The van der Waals surface area contributed by atoms with Crippen LogP contribution in [0.1, 0.15) is 36.2 Å². The van der Waals surface area contributed by atoms with E-state index in [1.54, 1.807) is 29.4 Å². The Bertz CT molecular complexity index is 779. The van der Waals surface area contributed by atoms with Crippen LogP contribution in [0.25, 0.3) is 11.5 Å². The number of carbonyl (C=O) groups is 2. The smallest absolute Gasteiger partial charge is 0.276 e. The summed E-state index contributed by atoms with van der Waals surface area (Å²) in [6, 6.07) is 5.05. The van der Waals surface area contributed by atoms with Crippen LogP contribution in [0.5, 0.6) is 0 Å². The molecule has 2 unspecified atom stereocenters. The van der Waals surface area contributed by atoms with Crippen LogP contribution in [-0.4, -0.2) is 54.1 Å². The first-order chi connectivity index (χ1) is 13.2. The zero-order valence-corrected chi connectivity index (χ0v) is 15.1. The molecule has 0 aromatic carbocycles. The van der Waals surface area contributed by atoms with Crippen molar-refractivity contribution < 1.29 is 18.5 Å². The third-order valence-corrected chi connectivity index (χ3v) is 5.24. The van der Waals surface area contributed by atoms with Crippen molar-refractivity contribution in [1.29, 1.82) is 0 Å². The minimum atomic E-state index is -0.148. The molecule has 0 spiro atoms. The SMILES string of the molecule is O=C(NCC1CCCN(C(=O)c2cc(-c3ccco3)on2)C1)C1CCCN1. The molecule has 0 saturated carbocycles. The number of hydrogen-bond donors (Lipinski definition) is 2. The van der Waals surface area contributed by atoms with Gasteiger partial charge in [-0.15, -0.1) is 0 Å². The summed E-state index contributed by atoms with van der Waals surface area (Å²) >= 11 is 0. The minimum absolute atomic E-state index is 0.0653. The van der Waals surface area contributed by atoms with Crippen LogP contribution in [0, 0.1) is 5.92 Å². The molecule has 4 heterocycles. The number of piperidine rings is 1. The molecule has 4 rings (SSSR count). The van der Waals surface area contributed by atoms with Gasteiger partial charge < -0.3 is 24.5 Å². The van der Waals surface area contributed by atoms with Crippen molar-refractivity contribution in [3.63, 3.8) is 0 Å². The highest BCUT2D eigenvalue weighted by molar-refractivity contribution is 5.93. The van der Waals surface area contributed by atoms with Crippen molar-refractivity contribution in [3.8, 4) is 11.5 Å². The van der Waals surface area contributed by atoms with Crippen LogP contribution in [0.3, 0.4) is 0 Å². The molecular weight excluding hydrogens is 348 g/mol. The Balaban J connectivity index is 1.32. The number of carbonyl (C=O) groups excluding carboxylic acids is 2. The second-order valence-electron chi connectivity index (χ2n) is 7.21. The van der Waals surface area contributed by atoms with E-state index in [1.165, 1.54) is 0 Å². The summed E-state index contributed by atoms with van der Waals surface area (Å²) in [7, 11) is 0. The summed E-state index contributed by atoms with van der Waals surface area (Å²) in [6.45, 7) is 2.80. The van der Waals surface area contributed by atoms with Crippen LogP contribution >= 0.6 is 0 Å². The monoisotopic (exact) mass is 372 g/mol. The molecule has 0 radical (unpaired) electrons. The van der Waals surface area contributed by atoms with E-state index in [0.717, 1.165) is 32.2 Å². The molecule has 2 aromatic heterocycles. The molecule has 0 aliphatic carbocycles. The van der Waals surface area contributed by atoms with Crippen LogP contribution in [0.4, 0.5) is 0 Å². The average Bonchev–Trinajstić information content (AvgIpc) is 3.46. The minimum Gasteiger partial charge on any atom is -0.461 e. The van der Waals surface area contributed by atoms with Crippen molar-refractivity contribution >= 4 is 11.8 Å². The molecule has 2 amide bonds. The first-order valence-electron chi connectivity index (χ1n) is 9.51. The summed E-state index contributed by atoms with van der Waals surface area (Å²) in [5.74, 6) is 1.15. The third kappa shape index (κ3) is 4.05. The number of hydrogen-bond acceptors (Lipinski definition) is 6. The lowest BCUT2D eigenvalue weighted by molar-refractivity contribution is -0.123. The quantitative estimate of drug-likeness (QED) is 0.828. The number of aromatic nitrogens is 1. The maximum absolute atomic E-state index is 12.8. The van der Waals surface area contributed by atoms with Crippen molar-refractivity contribution in [2.24, 2.45) is 5.92 Å². The molecule has 2 atom stereocenters. The predicted molar refractivity (Wildman–Crippen MR) is 96.9 cm³/mol. The Hall–Kier alpha value is -2.61. The number of nitrogens with one attached hydrogen (secondary N) is 2. The number of likely N-dealkylation sites (tertiary alicyclic amines) is 1. The Morgan fingerprint density at radius 2 is 2.22 bits per heavy atom. The van der Waals surface area contributed by atoms with E-state index in [2.05, 4.69) is 15.8 Å². The van der Waals surface area contributed by atoms with Crippen LogP contribution in [0.15, 0.2) is 33.4 Å². The number of rotatable bonds is 5. The molecular formula is C19H24N4O4. The first-order valence-corrected chi connectivity index (χ1v) is 9.51. The zero-order valence-electron chi connectivity index (χ0n) is 15.1. The summed E-state index contributed by atoms with van der Waals surface area (Å²) in [5.41, 5.74) is 0.279. The lowest BCUT2D eigenvalue weighted by atomic mass is 9.97. The number of furan rings is 1. The number of amides is 2. The molecule has 8 nitrogen and oxygen atoms in total. The van der Waals surface area contributed by atoms with Gasteiger partial charge in [-0.05, 0) is 50.3 Å². The highest BCUT2D eigenvalue weighted by Crippen LogP contribution is 2.23. The fourth-order valence-corrected chi connectivity index (χ4v) is 3.77. The van der Waals surface area contributed by atoms with Gasteiger partial charge in [-0.1, -0.05) is 5.16 Å². The molecule has 2 saturated heterocycles. The van der Waals surface area contributed by atoms with Crippen molar-refractivity contribution in [1.82, 2.24) is 20.7 Å². The molecule has 2 aliphatic rings. The van der Waals surface area contributed by atoms with E-state index in [9.17, 15) is 9.59 Å². The van der Waals surface area contributed by atoms with Gasteiger partial charge in [0.1, 0.15) is 0 Å². The Kier molecular flexibility index (Phi) is 5.24. The van der Waals surface area contributed by atoms with Gasteiger partial charge in [-0.3, -0.25) is 9.59 Å². The Morgan fingerprint density at radius 3 is 3.00 bits per heavy atom. The van der Waals surface area contributed by atoms with Gasteiger partial charge in [0.2, 0.25) is 11.7 Å². The molecule has 0 bridgehead atoms. The van der Waals surface area contributed by atoms with E-state index in [1.807, 2.05) is 0 Å². The van der Waals surface area contributed by atoms with Crippen molar-refractivity contribution in [2.45, 2.75) is 31.7 Å². The Morgan fingerprint density at radius 1 is 1.30 bits per heavy atom. The summed E-state index contributed by atoms with van der Waals surface area (Å²) in [6.07, 6.45) is 5.40. The summed E-state index contributed by atoms with van der Waals surface area (Å²) in [5, 5.41) is 10.1. The van der Waals surface area contributed by atoms with Gasteiger partial charge in [0.25, 0.3) is 5.91 Å². The highest BCUT2D eigenvalue weighted by atomic mass is 16.5. The highest BCUT2D eigenvalue weighted by Gasteiger charge is 2.28. The number of nitrogens with zero attached hydrogens (tertiary/aromatic N) is 2. The van der Waals surface area contributed by atoms with Crippen LogP contribution < -0.4 is 10.6 Å². The molecule has 144 valence electrons. The van der Waals surface area contributed by atoms with E-state index in [-0.39, 0.29) is 29.5 Å². The van der Waals surface area contributed by atoms with Gasteiger partial charge in [-0.2, -0.15) is 0 Å². The lowest BCUT2D eigenvalue weighted by Gasteiger charge is -2.32. The first kappa shape index (κ1) is 17.8. The van der Waals surface area contributed by atoms with E-state index in [0.29, 0.717) is 31.2 Å². The third-order valence-electron chi connectivity index (χ3n) is 5.24. The topological polar surface area (TPSA) is 101 Å². The molecule has 2 fully saturated rings. The largest absolute Gasteiger partial charge is 0.461 e. The van der Waals surface area contributed by atoms with Crippen LogP contribution in [-0.2, 0) is 4.79 Å². The normalized spacial score (nSPS) is 22.7. The van der Waals surface area contributed by atoms with Gasteiger partial charge in [0.05, 0.1) is 12.3 Å². The van der Waals surface area contributed by atoms with Gasteiger partial charge >= 0.3 is 0 Å². The second kappa shape index (κ2) is 7.96. The van der Waals surface area contributed by atoms with E-state index >= 15 is 0 Å². The van der Waals surface area contributed by atoms with Gasteiger partial charge in [0.15, 0.2) is 11.5 Å². The van der Waals surface area contributed by atoms with Crippen molar-refractivity contribution in [2.75, 3.05) is 26.2 Å². The van der Waals surface area contributed by atoms with Crippen LogP contribution in [0.2, 0.25) is 0 Å². The molecule has 2 aliphatic heterocycles. The molecule has 2 aromatic rings. The summed E-state index contributed by atoms with van der Waals surface area (Å²) < 4.78 is 10.5.